The molecule has 2 fully saturated rings. The molecule has 0 radical (unpaired) electrons. The van der Waals surface area contributed by atoms with Gasteiger partial charge in [0.1, 0.15) is 0 Å². The molecule has 4 atom stereocenters. The van der Waals surface area contributed by atoms with Crippen LogP contribution in [0, 0.1) is 17.8 Å². The van der Waals surface area contributed by atoms with E-state index < -0.39 is 0 Å². The van der Waals surface area contributed by atoms with E-state index in [4.69, 9.17) is 5.73 Å². The predicted octanol–water partition coefficient (Wildman–Crippen LogP) is 2.02. The van der Waals surface area contributed by atoms with Crippen molar-refractivity contribution in [3.63, 3.8) is 0 Å². The second kappa shape index (κ2) is 6.55. The summed E-state index contributed by atoms with van der Waals surface area (Å²) in [5.74, 6) is 2.45. The van der Waals surface area contributed by atoms with E-state index in [1.807, 2.05) is 0 Å². The van der Waals surface area contributed by atoms with Gasteiger partial charge in [-0.15, -0.1) is 0 Å². The van der Waals surface area contributed by atoms with Crippen molar-refractivity contribution in [3.05, 3.63) is 0 Å². The Balaban J connectivity index is 1.84. The van der Waals surface area contributed by atoms with Crippen LogP contribution in [0.15, 0.2) is 0 Å². The van der Waals surface area contributed by atoms with Gasteiger partial charge in [0.15, 0.2) is 0 Å². The molecule has 0 bridgehead atoms. The highest BCUT2D eigenvalue weighted by Gasteiger charge is 2.33. The summed E-state index contributed by atoms with van der Waals surface area (Å²) < 4.78 is 0. The van der Waals surface area contributed by atoms with E-state index in [1.54, 1.807) is 0 Å². The van der Waals surface area contributed by atoms with Gasteiger partial charge in [-0.2, -0.15) is 0 Å². The molecule has 0 aromatic carbocycles. The lowest BCUT2D eigenvalue weighted by Crippen LogP contribution is -2.44. The zero-order chi connectivity index (χ0) is 14.0. The number of likely N-dealkylation sites (tertiary alicyclic amines) is 1. The van der Waals surface area contributed by atoms with Crippen LogP contribution < -0.4 is 5.73 Å². The molecule has 0 aromatic heterocycles. The molecule has 3 nitrogen and oxygen atoms in total. The molecule has 2 rings (SSSR count). The first kappa shape index (κ1) is 15.3. The van der Waals surface area contributed by atoms with Crippen molar-refractivity contribution in [2.45, 2.75) is 51.6 Å². The SMILES string of the molecule is CC(C)C1CCC(N)C(CN2CCC(N(C)C)C2)C1. The summed E-state index contributed by atoms with van der Waals surface area (Å²) in [5, 5.41) is 0. The number of hydrogen-bond donors (Lipinski definition) is 1. The van der Waals surface area contributed by atoms with E-state index in [1.165, 1.54) is 45.3 Å². The summed E-state index contributed by atoms with van der Waals surface area (Å²) in [4.78, 5) is 5.02. The van der Waals surface area contributed by atoms with E-state index in [-0.39, 0.29) is 0 Å². The molecule has 2 aliphatic rings. The summed E-state index contributed by atoms with van der Waals surface area (Å²) in [6.07, 6.45) is 5.25. The summed E-state index contributed by atoms with van der Waals surface area (Å²) in [6, 6.07) is 1.19. The van der Waals surface area contributed by atoms with Crippen LogP contribution in [0.5, 0.6) is 0 Å². The monoisotopic (exact) mass is 267 g/mol. The quantitative estimate of drug-likeness (QED) is 0.846. The minimum atomic E-state index is 0.438. The molecular weight excluding hydrogens is 234 g/mol. The summed E-state index contributed by atoms with van der Waals surface area (Å²) in [5.41, 5.74) is 6.38. The van der Waals surface area contributed by atoms with E-state index in [0.29, 0.717) is 6.04 Å². The Morgan fingerprint density at radius 3 is 2.53 bits per heavy atom. The highest BCUT2D eigenvalue weighted by atomic mass is 15.2. The van der Waals surface area contributed by atoms with Crippen LogP contribution in [-0.4, -0.2) is 55.6 Å². The van der Waals surface area contributed by atoms with E-state index in [0.717, 1.165) is 23.8 Å². The second-order valence-corrected chi connectivity index (χ2v) is 7.41. The van der Waals surface area contributed by atoms with Crippen molar-refractivity contribution in [2.24, 2.45) is 23.5 Å². The van der Waals surface area contributed by atoms with E-state index in [2.05, 4.69) is 37.7 Å². The number of rotatable bonds is 4. The average molecular weight is 267 g/mol. The Labute approximate surface area is 119 Å². The smallest absolute Gasteiger partial charge is 0.0229 e. The molecule has 2 N–H and O–H groups in total. The summed E-state index contributed by atoms with van der Waals surface area (Å²) in [7, 11) is 4.41. The first-order valence-electron chi connectivity index (χ1n) is 8.11. The lowest BCUT2D eigenvalue weighted by Gasteiger charge is -2.38. The largest absolute Gasteiger partial charge is 0.327 e. The summed E-state index contributed by atoms with van der Waals surface area (Å²) >= 11 is 0. The van der Waals surface area contributed by atoms with Gasteiger partial charge in [0.25, 0.3) is 0 Å². The molecule has 112 valence electrons. The Morgan fingerprint density at radius 2 is 1.95 bits per heavy atom. The molecule has 3 heteroatoms. The van der Waals surface area contributed by atoms with Gasteiger partial charge in [-0.05, 0) is 64.1 Å². The number of likely N-dealkylation sites (N-methyl/N-ethyl adjacent to an activating group) is 1. The molecule has 0 aromatic rings. The number of nitrogens with two attached hydrogens (primary N) is 1. The topological polar surface area (TPSA) is 32.5 Å². The normalized spacial score (nSPS) is 37.4. The standard InChI is InChI=1S/C16H33N3/c1-12(2)13-5-6-16(17)14(9-13)10-19-8-7-15(11-19)18(3)4/h12-16H,5-11,17H2,1-4H3. The first-order valence-corrected chi connectivity index (χ1v) is 8.11. The molecule has 1 saturated heterocycles. The highest BCUT2D eigenvalue weighted by Crippen LogP contribution is 2.34. The van der Waals surface area contributed by atoms with Gasteiger partial charge in [0.05, 0.1) is 0 Å². The molecular formula is C16H33N3. The van der Waals surface area contributed by atoms with Crippen molar-refractivity contribution in [3.8, 4) is 0 Å². The van der Waals surface area contributed by atoms with Crippen LogP contribution >= 0.6 is 0 Å². The van der Waals surface area contributed by atoms with Crippen LogP contribution in [0.25, 0.3) is 0 Å². The van der Waals surface area contributed by atoms with Gasteiger partial charge >= 0.3 is 0 Å². The molecule has 1 aliphatic carbocycles. The lowest BCUT2D eigenvalue weighted by molar-refractivity contribution is 0.145. The van der Waals surface area contributed by atoms with Crippen LogP contribution in [0.2, 0.25) is 0 Å². The maximum atomic E-state index is 6.38. The number of nitrogens with zero attached hydrogens (tertiary/aromatic N) is 2. The molecule has 1 saturated carbocycles. The number of hydrogen-bond acceptors (Lipinski definition) is 3. The van der Waals surface area contributed by atoms with Crippen molar-refractivity contribution in [1.82, 2.24) is 9.80 Å². The zero-order valence-corrected chi connectivity index (χ0v) is 13.3. The van der Waals surface area contributed by atoms with Gasteiger partial charge in [-0.25, -0.2) is 0 Å². The fraction of sp³-hybridized carbons (Fsp3) is 1.00. The van der Waals surface area contributed by atoms with Crippen molar-refractivity contribution < 1.29 is 0 Å². The fourth-order valence-electron chi connectivity index (χ4n) is 3.87. The predicted molar refractivity (Wildman–Crippen MR) is 82.2 cm³/mol. The third-order valence-corrected chi connectivity index (χ3v) is 5.50. The minimum Gasteiger partial charge on any atom is -0.327 e. The molecule has 19 heavy (non-hydrogen) atoms. The Hall–Kier alpha value is -0.120. The van der Waals surface area contributed by atoms with Gasteiger partial charge in [-0.1, -0.05) is 13.8 Å². The van der Waals surface area contributed by atoms with Gasteiger partial charge in [0, 0.05) is 25.2 Å². The van der Waals surface area contributed by atoms with Gasteiger partial charge in [0.2, 0.25) is 0 Å². The molecule has 0 amide bonds. The fourth-order valence-corrected chi connectivity index (χ4v) is 3.87. The van der Waals surface area contributed by atoms with E-state index >= 15 is 0 Å². The maximum absolute atomic E-state index is 6.38. The Kier molecular flexibility index (Phi) is 5.27. The van der Waals surface area contributed by atoms with Crippen LogP contribution in [0.3, 0.4) is 0 Å². The minimum absolute atomic E-state index is 0.438. The highest BCUT2D eigenvalue weighted by molar-refractivity contribution is 4.88. The van der Waals surface area contributed by atoms with Crippen molar-refractivity contribution >= 4 is 0 Å². The van der Waals surface area contributed by atoms with Gasteiger partial charge in [-0.3, -0.25) is 0 Å². The molecule has 1 heterocycles. The lowest BCUT2D eigenvalue weighted by atomic mass is 9.74. The Morgan fingerprint density at radius 1 is 1.21 bits per heavy atom. The van der Waals surface area contributed by atoms with Crippen LogP contribution in [-0.2, 0) is 0 Å². The van der Waals surface area contributed by atoms with Crippen LogP contribution in [0.1, 0.15) is 39.5 Å². The van der Waals surface area contributed by atoms with Crippen molar-refractivity contribution in [2.75, 3.05) is 33.7 Å². The first-order chi connectivity index (χ1) is 8.97. The zero-order valence-electron chi connectivity index (χ0n) is 13.3. The molecule has 1 aliphatic heterocycles. The Bertz CT molecular complexity index is 277. The van der Waals surface area contributed by atoms with E-state index in [9.17, 15) is 0 Å². The maximum Gasteiger partial charge on any atom is 0.0229 e. The third-order valence-electron chi connectivity index (χ3n) is 5.50. The second-order valence-electron chi connectivity index (χ2n) is 7.41. The third kappa shape index (κ3) is 3.93. The molecule has 4 unspecified atom stereocenters. The van der Waals surface area contributed by atoms with Crippen LogP contribution in [0.4, 0.5) is 0 Å². The average Bonchev–Trinajstić information content (AvgIpc) is 2.80. The summed E-state index contributed by atoms with van der Waals surface area (Å²) in [6.45, 7) is 8.47. The molecule has 0 spiro atoms. The van der Waals surface area contributed by atoms with Gasteiger partial charge < -0.3 is 15.5 Å². The van der Waals surface area contributed by atoms with Crippen molar-refractivity contribution in [1.29, 1.82) is 0 Å².